The molecule has 0 radical (unpaired) electrons. The highest BCUT2D eigenvalue weighted by Gasteiger charge is 2.28. The van der Waals surface area contributed by atoms with Gasteiger partial charge in [-0.3, -0.25) is 4.98 Å². The molecule has 4 heterocycles. The van der Waals surface area contributed by atoms with E-state index in [4.69, 9.17) is 9.72 Å². The zero-order valence-electron chi connectivity index (χ0n) is 20.1. The Hall–Kier alpha value is -2.81. The molecule has 2 aliphatic rings. The minimum Gasteiger partial charge on any atom is -0.444 e. The molecule has 1 saturated heterocycles. The maximum absolute atomic E-state index is 12.4. The predicted octanol–water partition coefficient (Wildman–Crippen LogP) is 6.00. The first kappa shape index (κ1) is 23.0. The monoisotopic (exact) mass is 480 g/mol. The van der Waals surface area contributed by atoms with Gasteiger partial charge < -0.3 is 15.0 Å². The minimum atomic E-state index is -0.472. The van der Waals surface area contributed by atoms with Crippen molar-refractivity contribution in [2.24, 2.45) is 0 Å². The fourth-order valence-corrected chi connectivity index (χ4v) is 5.69. The maximum Gasteiger partial charge on any atom is 0.410 e. The van der Waals surface area contributed by atoms with Crippen LogP contribution in [0.5, 0.6) is 0 Å². The van der Waals surface area contributed by atoms with Gasteiger partial charge in [-0.05, 0) is 76.1 Å². The van der Waals surface area contributed by atoms with Gasteiger partial charge in [-0.25, -0.2) is 9.78 Å². The summed E-state index contributed by atoms with van der Waals surface area (Å²) in [6.07, 6.45) is 8.50. The molecule has 2 fully saturated rings. The molecule has 9 heteroatoms. The van der Waals surface area contributed by atoms with Crippen molar-refractivity contribution in [3.63, 3.8) is 0 Å². The van der Waals surface area contributed by atoms with Crippen LogP contribution in [0.25, 0.3) is 11.0 Å². The van der Waals surface area contributed by atoms with Crippen molar-refractivity contribution in [2.45, 2.75) is 76.7 Å². The molecule has 1 aliphatic carbocycles. The van der Waals surface area contributed by atoms with Gasteiger partial charge in [0.05, 0.1) is 11.0 Å². The molecule has 0 aromatic carbocycles. The van der Waals surface area contributed by atoms with Crippen LogP contribution in [0, 0.1) is 0 Å². The summed E-state index contributed by atoms with van der Waals surface area (Å²) in [4.78, 5) is 23.6. The first-order chi connectivity index (χ1) is 16.3. The molecule has 1 saturated carbocycles. The lowest BCUT2D eigenvalue weighted by Crippen LogP contribution is -2.41. The van der Waals surface area contributed by atoms with Crippen LogP contribution in [0.1, 0.15) is 81.7 Å². The number of anilines is 2. The number of ether oxygens (including phenoxy) is 1. The van der Waals surface area contributed by atoms with Crippen molar-refractivity contribution in [1.82, 2.24) is 25.1 Å². The number of hydrogen-bond donors (Lipinski definition) is 1. The molecule has 0 bridgehead atoms. The molecule has 180 valence electrons. The molecule has 1 aliphatic heterocycles. The lowest BCUT2D eigenvalue weighted by molar-refractivity contribution is 0.0205. The summed E-state index contributed by atoms with van der Waals surface area (Å²) in [5.74, 6) is 1.66. The number of likely N-dealkylation sites (tertiary alicyclic amines) is 1. The number of rotatable bonds is 4. The summed E-state index contributed by atoms with van der Waals surface area (Å²) in [7, 11) is 0. The summed E-state index contributed by atoms with van der Waals surface area (Å²) >= 11 is 1.63. The summed E-state index contributed by atoms with van der Waals surface area (Å²) in [6.45, 7) is 7.07. The van der Waals surface area contributed by atoms with Gasteiger partial charge in [-0.2, -0.15) is 0 Å². The van der Waals surface area contributed by atoms with Crippen LogP contribution >= 0.6 is 11.3 Å². The number of amides is 1. The second-order valence-corrected chi connectivity index (χ2v) is 11.3. The van der Waals surface area contributed by atoms with Crippen LogP contribution in [0.3, 0.4) is 0 Å². The fourth-order valence-electron chi connectivity index (χ4n) is 4.77. The van der Waals surface area contributed by atoms with E-state index in [9.17, 15) is 4.79 Å². The third kappa shape index (κ3) is 5.29. The highest BCUT2D eigenvalue weighted by Crippen LogP contribution is 2.37. The van der Waals surface area contributed by atoms with Crippen molar-refractivity contribution >= 4 is 39.4 Å². The van der Waals surface area contributed by atoms with E-state index in [1.165, 1.54) is 31.2 Å². The summed E-state index contributed by atoms with van der Waals surface area (Å²) in [5, 5.41) is 14.0. The van der Waals surface area contributed by atoms with E-state index >= 15 is 0 Å². The van der Waals surface area contributed by atoms with Crippen LogP contribution in [0.2, 0.25) is 0 Å². The quantitative estimate of drug-likeness (QED) is 0.490. The lowest BCUT2D eigenvalue weighted by atomic mass is 9.90. The minimum absolute atomic E-state index is 0.229. The Morgan fingerprint density at radius 3 is 2.56 bits per heavy atom. The average molecular weight is 481 g/mol. The van der Waals surface area contributed by atoms with Crippen molar-refractivity contribution in [3.05, 3.63) is 35.0 Å². The number of fused-ring (bicyclic) bond motifs is 1. The van der Waals surface area contributed by atoms with E-state index in [2.05, 4.69) is 26.6 Å². The van der Waals surface area contributed by atoms with Gasteiger partial charge in [0.1, 0.15) is 16.4 Å². The lowest BCUT2D eigenvalue weighted by Gasteiger charge is -2.33. The zero-order valence-corrected chi connectivity index (χ0v) is 20.9. The van der Waals surface area contributed by atoms with Gasteiger partial charge in [-0.15, -0.1) is 10.2 Å². The normalized spacial score (nSPS) is 17.9. The first-order valence-electron chi connectivity index (χ1n) is 12.2. The Labute approximate surface area is 204 Å². The van der Waals surface area contributed by atoms with E-state index in [1.807, 2.05) is 39.1 Å². The number of carbonyl (C=O) groups excluding carboxylic acids is 1. The molecular weight excluding hydrogens is 448 g/mol. The molecule has 1 amide bonds. The smallest absolute Gasteiger partial charge is 0.410 e. The van der Waals surface area contributed by atoms with Crippen LogP contribution < -0.4 is 5.32 Å². The van der Waals surface area contributed by atoms with Gasteiger partial charge >= 0.3 is 6.09 Å². The van der Waals surface area contributed by atoms with Crippen LogP contribution in [0.15, 0.2) is 24.4 Å². The molecule has 34 heavy (non-hydrogen) atoms. The predicted molar refractivity (Wildman–Crippen MR) is 134 cm³/mol. The van der Waals surface area contributed by atoms with Crippen molar-refractivity contribution < 1.29 is 9.53 Å². The number of nitrogens with one attached hydrogen (secondary N) is 1. The fraction of sp³-hybridized carbons (Fsp3) is 0.560. The van der Waals surface area contributed by atoms with Crippen molar-refractivity contribution in [2.75, 3.05) is 18.4 Å². The van der Waals surface area contributed by atoms with Gasteiger partial charge in [0, 0.05) is 25.2 Å². The topological polar surface area (TPSA) is 93.1 Å². The SMILES string of the molecule is CC(C)(C)OC(=O)N1CCC(c2cnc3ccc(Nc4nnc(C5CCCC5)s4)nc3c2)CC1. The molecule has 3 aromatic rings. The van der Waals surface area contributed by atoms with E-state index in [1.54, 1.807) is 16.2 Å². The number of piperidine rings is 1. The largest absolute Gasteiger partial charge is 0.444 e. The second kappa shape index (κ2) is 9.44. The molecular formula is C25H32N6O2S. The molecule has 5 rings (SSSR count). The Bertz CT molecular complexity index is 1160. The number of hydrogen-bond acceptors (Lipinski definition) is 8. The Morgan fingerprint density at radius 2 is 1.82 bits per heavy atom. The van der Waals surface area contributed by atoms with E-state index in [0.29, 0.717) is 24.9 Å². The molecule has 1 N–H and O–H groups in total. The Kier molecular flexibility index (Phi) is 6.38. The van der Waals surface area contributed by atoms with Crippen molar-refractivity contribution in [1.29, 1.82) is 0 Å². The molecule has 0 spiro atoms. The van der Waals surface area contributed by atoms with Gasteiger partial charge in [-0.1, -0.05) is 24.2 Å². The van der Waals surface area contributed by atoms with E-state index in [0.717, 1.165) is 39.8 Å². The van der Waals surface area contributed by atoms with E-state index in [-0.39, 0.29) is 6.09 Å². The van der Waals surface area contributed by atoms with Crippen LogP contribution in [-0.2, 0) is 4.74 Å². The molecule has 0 atom stereocenters. The average Bonchev–Trinajstić information content (AvgIpc) is 3.50. The van der Waals surface area contributed by atoms with Gasteiger partial charge in [0.2, 0.25) is 5.13 Å². The Morgan fingerprint density at radius 1 is 1.06 bits per heavy atom. The third-order valence-corrected chi connectivity index (χ3v) is 7.56. The Balaban J connectivity index is 1.25. The molecule has 3 aromatic heterocycles. The second-order valence-electron chi connectivity index (χ2n) is 10.3. The first-order valence-corrected chi connectivity index (χ1v) is 13.0. The number of pyridine rings is 2. The molecule has 8 nitrogen and oxygen atoms in total. The molecule has 0 unspecified atom stereocenters. The number of nitrogens with zero attached hydrogens (tertiary/aromatic N) is 5. The maximum atomic E-state index is 12.4. The van der Waals surface area contributed by atoms with Crippen LogP contribution in [-0.4, -0.2) is 49.8 Å². The highest BCUT2D eigenvalue weighted by molar-refractivity contribution is 7.15. The standard InChI is InChI=1S/C25H32N6O2S/c1-25(2,3)33-24(32)31-12-10-16(11-13-31)18-14-20-19(26-15-18)8-9-21(27-20)28-23-30-29-22(34-23)17-6-4-5-7-17/h8-9,14-17H,4-7,10-13H2,1-3H3,(H,27,28,30). The summed E-state index contributed by atoms with van der Waals surface area (Å²) in [5.41, 5.74) is 2.42. The number of carbonyl (C=O) groups is 1. The van der Waals surface area contributed by atoms with Gasteiger partial charge in [0.15, 0.2) is 0 Å². The summed E-state index contributed by atoms with van der Waals surface area (Å²) in [6, 6.07) is 6.05. The van der Waals surface area contributed by atoms with Crippen molar-refractivity contribution in [3.8, 4) is 0 Å². The number of aromatic nitrogens is 4. The third-order valence-electron chi connectivity index (χ3n) is 6.56. The summed E-state index contributed by atoms with van der Waals surface area (Å²) < 4.78 is 5.52. The van der Waals surface area contributed by atoms with Gasteiger partial charge in [0.25, 0.3) is 0 Å². The highest BCUT2D eigenvalue weighted by atomic mass is 32.1. The zero-order chi connectivity index (χ0) is 23.7. The van der Waals surface area contributed by atoms with E-state index < -0.39 is 5.60 Å². The van der Waals surface area contributed by atoms with Crippen LogP contribution in [0.4, 0.5) is 15.7 Å².